The lowest BCUT2D eigenvalue weighted by molar-refractivity contribution is -0.536. The van der Waals surface area contributed by atoms with Gasteiger partial charge in [0.25, 0.3) is 0 Å². The molecule has 1 fully saturated rings. The Morgan fingerprint density at radius 3 is 2.50 bits per heavy atom. The van der Waals surface area contributed by atoms with Crippen LogP contribution in [0.3, 0.4) is 0 Å². The summed E-state index contributed by atoms with van der Waals surface area (Å²) in [5.74, 6) is -0.292. The zero-order valence-electron chi connectivity index (χ0n) is 10.4. The van der Waals surface area contributed by atoms with E-state index >= 15 is 0 Å². The minimum Gasteiger partial charge on any atom is -0.366 e. The first-order chi connectivity index (χ1) is 8.41. The van der Waals surface area contributed by atoms with Crippen molar-refractivity contribution in [1.29, 1.82) is 0 Å². The van der Waals surface area contributed by atoms with Crippen molar-refractivity contribution in [2.24, 2.45) is 5.92 Å². The van der Waals surface area contributed by atoms with E-state index in [0.29, 0.717) is 6.61 Å². The first-order valence-corrected chi connectivity index (χ1v) is 6.28. The molecular weight excluding hydrogens is 254 g/mol. The van der Waals surface area contributed by atoms with E-state index in [9.17, 15) is 10.1 Å². The third-order valence-corrected chi connectivity index (χ3v) is 3.71. The molecule has 1 heterocycles. The predicted molar refractivity (Wildman–Crippen MR) is 69.3 cm³/mol. The summed E-state index contributed by atoms with van der Waals surface area (Å²) < 4.78 is 5.63. The standard InChI is InChI=1S/C13H16ClNO3/c1-13(2,14)10-8-18-12(11(10)15(16)17)9-6-4-3-5-7-9/h3-7,10-12H,8H2,1-2H3. The van der Waals surface area contributed by atoms with Crippen LogP contribution >= 0.6 is 11.6 Å². The van der Waals surface area contributed by atoms with Crippen molar-refractivity contribution in [3.63, 3.8) is 0 Å². The maximum absolute atomic E-state index is 11.3. The summed E-state index contributed by atoms with van der Waals surface area (Å²) in [6.45, 7) is 3.92. The molecule has 3 unspecified atom stereocenters. The van der Waals surface area contributed by atoms with Gasteiger partial charge in [-0.2, -0.15) is 0 Å². The van der Waals surface area contributed by atoms with Gasteiger partial charge in [-0.3, -0.25) is 10.1 Å². The molecule has 0 spiro atoms. The van der Waals surface area contributed by atoms with Gasteiger partial charge in [-0.05, 0) is 19.4 Å². The maximum Gasteiger partial charge on any atom is 0.249 e. The fraction of sp³-hybridized carbons (Fsp3) is 0.538. The SMILES string of the molecule is CC(C)(Cl)C1COC(c2ccccc2)C1[N+](=O)[O-]. The van der Waals surface area contributed by atoms with Crippen LogP contribution in [-0.2, 0) is 4.74 Å². The van der Waals surface area contributed by atoms with E-state index in [-0.39, 0.29) is 10.8 Å². The molecule has 1 saturated heterocycles. The molecule has 0 N–H and O–H groups in total. The molecule has 0 bridgehead atoms. The molecule has 0 aliphatic carbocycles. The van der Waals surface area contributed by atoms with Crippen LogP contribution in [0.15, 0.2) is 30.3 Å². The Labute approximate surface area is 111 Å². The summed E-state index contributed by atoms with van der Waals surface area (Å²) in [5.41, 5.74) is 0.836. The molecule has 0 amide bonds. The van der Waals surface area contributed by atoms with Crippen LogP contribution in [0.5, 0.6) is 0 Å². The molecule has 1 aromatic carbocycles. The molecule has 5 heteroatoms. The summed E-state index contributed by atoms with van der Waals surface area (Å²) >= 11 is 6.25. The Morgan fingerprint density at radius 2 is 2.00 bits per heavy atom. The summed E-state index contributed by atoms with van der Waals surface area (Å²) in [5, 5.41) is 11.3. The average Bonchev–Trinajstić information content (AvgIpc) is 2.74. The second kappa shape index (κ2) is 4.86. The highest BCUT2D eigenvalue weighted by Gasteiger charge is 2.52. The second-order valence-electron chi connectivity index (χ2n) is 5.11. The van der Waals surface area contributed by atoms with E-state index in [1.165, 1.54) is 0 Å². The number of benzene rings is 1. The topological polar surface area (TPSA) is 52.4 Å². The summed E-state index contributed by atoms with van der Waals surface area (Å²) in [7, 11) is 0. The third kappa shape index (κ3) is 2.49. The van der Waals surface area contributed by atoms with Gasteiger partial charge in [-0.25, -0.2) is 0 Å². The fourth-order valence-electron chi connectivity index (χ4n) is 2.41. The molecule has 1 aromatic rings. The number of rotatable bonds is 3. The van der Waals surface area contributed by atoms with E-state index in [4.69, 9.17) is 16.3 Å². The Bertz CT molecular complexity index is 430. The van der Waals surface area contributed by atoms with Gasteiger partial charge in [0.1, 0.15) is 0 Å². The van der Waals surface area contributed by atoms with Gasteiger partial charge >= 0.3 is 0 Å². The zero-order chi connectivity index (χ0) is 13.3. The van der Waals surface area contributed by atoms with Crippen LogP contribution in [0.25, 0.3) is 0 Å². The van der Waals surface area contributed by atoms with Gasteiger partial charge in [0.15, 0.2) is 6.10 Å². The van der Waals surface area contributed by atoms with Gasteiger partial charge in [0.05, 0.1) is 17.4 Å². The van der Waals surface area contributed by atoms with Crippen LogP contribution in [0.1, 0.15) is 25.5 Å². The zero-order valence-corrected chi connectivity index (χ0v) is 11.1. The van der Waals surface area contributed by atoms with Crippen LogP contribution in [-0.4, -0.2) is 22.4 Å². The lowest BCUT2D eigenvalue weighted by atomic mass is 9.86. The molecule has 1 aliphatic rings. The maximum atomic E-state index is 11.3. The Hall–Kier alpha value is -1.13. The molecule has 2 rings (SSSR count). The van der Waals surface area contributed by atoms with Crippen molar-refractivity contribution >= 4 is 11.6 Å². The first kappa shape index (κ1) is 13.3. The van der Waals surface area contributed by atoms with Crippen molar-refractivity contribution in [3.8, 4) is 0 Å². The molecule has 0 aromatic heterocycles. The number of ether oxygens (including phenoxy) is 1. The van der Waals surface area contributed by atoms with Crippen LogP contribution in [0.2, 0.25) is 0 Å². The van der Waals surface area contributed by atoms with Gasteiger partial charge in [-0.15, -0.1) is 11.6 Å². The quantitative estimate of drug-likeness (QED) is 0.481. The summed E-state index contributed by atoms with van der Waals surface area (Å²) in [4.78, 5) is 10.4. The molecule has 0 radical (unpaired) electrons. The van der Waals surface area contributed by atoms with Gasteiger partial charge < -0.3 is 4.74 Å². The van der Waals surface area contributed by atoms with Crippen molar-refractivity contribution < 1.29 is 9.66 Å². The lowest BCUT2D eigenvalue weighted by Gasteiger charge is -2.25. The van der Waals surface area contributed by atoms with Crippen LogP contribution < -0.4 is 0 Å². The van der Waals surface area contributed by atoms with E-state index in [1.54, 1.807) is 13.8 Å². The number of halogens is 1. The lowest BCUT2D eigenvalue weighted by Crippen LogP contribution is -2.39. The normalized spacial score (nSPS) is 28.3. The third-order valence-electron chi connectivity index (χ3n) is 3.43. The van der Waals surface area contributed by atoms with E-state index in [0.717, 1.165) is 5.56 Å². The summed E-state index contributed by atoms with van der Waals surface area (Å²) in [6, 6.07) is 8.50. The van der Waals surface area contributed by atoms with E-state index < -0.39 is 17.0 Å². The number of nitrogens with zero attached hydrogens (tertiary/aromatic N) is 1. The molecule has 18 heavy (non-hydrogen) atoms. The molecule has 4 nitrogen and oxygen atoms in total. The Balaban J connectivity index is 2.31. The first-order valence-electron chi connectivity index (χ1n) is 5.90. The Morgan fingerprint density at radius 1 is 1.39 bits per heavy atom. The van der Waals surface area contributed by atoms with Crippen molar-refractivity contribution in [3.05, 3.63) is 46.0 Å². The molecule has 3 atom stereocenters. The highest BCUT2D eigenvalue weighted by Crippen LogP contribution is 2.42. The molecule has 1 aliphatic heterocycles. The number of nitro groups is 1. The number of hydrogen-bond acceptors (Lipinski definition) is 3. The molecular formula is C13H16ClNO3. The van der Waals surface area contributed by atoms with Gasteiger partial charge in [0, 0.05) is 4.92 Å². The van der Waals surface area contributed by atoms with Crippen LogP contribution in [0, 0.1) is 16.0 Å². The number of hydrogen-bond donors (Lipinski definition) is 0. The van der Waals surface area contributed by atoms with Gasteiger partial charge in [-0.1, -0.05) is 30.3 Å². The highest BCUT2D eigenvalue weighted by atomic mass is 35.5. The summed E-state index contributed by atoms with van der Waals surface area (Å²) in [6.07, 6.45) is -0.510. The fourth-order valence-corrected chi connectivity index (χ4v) is 2.61. The number of alkyl halides is 1. The van der Waals surface area contributed by atoms with Crippen molar-refractivity contribution in [2.45, 2.75) is 30.9 Å². The van der Waals surface area contributed by atoms with Crippen molar-refractivity contribution in [1.82, 2.24) is 0 Å². The van der Waals surface area contributed by atoms with Gasteiger partial charge in [0.2, 0.25) is 6.04 Å². The largest absolute Gasteiger partial charge is 0.366 e. The van der Waals surface area contributed by atoms with E-state index in [1.807, 2.05) is 30.3 Å². The average molecular weight is 270 g/mol. The minimum atomic E-state index is -0.792. The molecule has 98 valence electrons. The predicted octanol–water partition coefficient (Wildman–Crippen LogP) is 3.04. The van der Waals surface area contributed by atoms with E-state index in [2.05, 4.69) is 0 Å². The van der Waals surface area contributed by atoms with Crippen LogP contribution in [0.4, 0.5) is 0 Å². The second-order valence-corrected chi connectivity index (χ2v) is 6.09. The monoisotopic (exact) mass is 269 g/mol. The smallest absolute Gasteiger partial charge is 0.249 e. The molecule has 0 saturated carbocycles. The highest BCUT2D eigenvalue weighted by molar-refractivity contribution is 6.23. The van der Waals surface area contributed by atoms with Crippen molar-refractivity contribution in [2.75, 3.05) is 6.61 Å². The Kier molecular flexibility index (Phi) is 3.59. The minimum absolute atomic E-state index is 0.264.